The lowest BCUT2D eigenvalue weighted by Crippen LogP contribution is -2.08. The summed E-state index contributed by atoms with van der Waals surface area (Å²) in [6, 6.07) is 10.4. The predicted molar refractivity (Wildman–Crippen MR) is 67.4 cm³/mol. The molecule has 1 heterocycles. The van der Waals surface area contributed by atoms with Gasteiger partial charge < -0.3 is 5.73 Å². The molecule has 1 aromatic heterocycles. The molecular weight excluding hydrogens is 212 g/mol. The minimum atomic E-state index is 0.462. The Morgan fingerprint density at radius 3 is 2.59 bits per heavy atom. The number of benzene rings is 1. The summed E-state index contributed by atoms with van der Waals surface area (Å²) in [5, 5.41) is 8.21. The van der Waals surface area contributed by atoms with Gasteiger partial charge in [-0.15, -0.1) is 5.10 Å². The molecule has 0 fully saturated rings. The standard InChI is InChI=1S/C13H18N4/c1-2-17-13(12(10-14)15-16-17)9-8-11-6-4-3-5-7-11/h3-7H,2,8-10,14H2,1H3. The minimum Gasteiger partial charge on any atom is -0.325 e. The highest BCUT2D eigenvalue weighted by Gasteiger charge is 2.10. The first-order valence-electron chi connectivity index (χ1n) is 6.00. The van der Waals surface area contributed by atoms with Crippen molar-refractivity contribution in [1.82, 2.24) is 15.0 Å². The Kier molecular flexibility index (Phi) is 3.88. The average molecular weight is 230 g/mol. The zero-order chi connectivity index (χ0) is 12.1. The van der Waals surface area contributed by atoms with Crippen molar-refractivity contribution in [1.29, 1.82) is 0 Å². The first-order chi connectivity index (χ1) is 8.35. The van der Waals surface area contributed by atoms with E-state index in [1.165, 1.54) is 11.3 Å². The Morgan fingerprint density at radius 2 is 1.94 bits per heavy atom. The summed E-state index contributed by atoms with van der Waals surface area (Å²) in [5.74, 6) is 0. The average Bonchev–Trinajstić information content (AvgIpc) is 2.79. The molecule has 90 valence electrons. The zero-order valence-electron chi connectivity index (χ0n) is 10.1. The Bertz CT molecular complexity index is 440. The monoisotopic (exact) mass is 230 g/mol. The molecule has 0 amide bonds. The number of rotatable bonds is 5. The molecule has 4 nitrogen and oxygen atoms in total. The van der Waals surface area contributed by atoms with Gasteiger partial charge in [0, 0.05) is 13.1 Å². The van der Waals surface area contributed by atoms with E-state index < -0.39 is 0 Å². The lowest BCUT2D eigenvalue weighted by atomic mass is 10.1. The number of hydrogen-bond acceptors (Lipinski definition) is 3. The van der Waals surface area contributed by atoms with Crippen molar-refractivity contribution in [2.75, 3.05) is 0 Å². The highest BCUT2D eigenvalue weighted by molar-refractivity contribution is 5.18. The molecule has 0 aliphatic heterocycles. The Balaban J connectivity index is 2.10. The van der Waals surface area contributed by atoms with Crippen LogP contribution in [0.2, 0.25) is 0 Å². The Morgan fingerprint density at radius 1 is 1.18 bits per heavy atom. The maximum atomic E-state index is 5.67. The topological polar surface area (TPSA) is 56.7 Å². The molecule has 2 rings (SSSR count). The van der Waals surface area contributed by atoms with Crippen molar-refractivity contribution >= 4 is 0 Å². The van der Waals surface area contributed by atoms with Gasteiger partial charge in [-0.25, -0.2) is 4.68 Å². The SMILES string of the molecule is CCn1nnc(CN)c1CCc1ccccc1. The third-order valence-corrected chi connectivity index (χ3v) is 2.90. The van der Waals surface area contributed by atoms with Gasteiger partial charge in [-0.2, -0.15) is 0 Å². The summed E-state index contributed by atoms with van der Waals surface area (Å²) in [5.41, 5.74) is 9.09. The van der Waals surface area contributed by atoms with E-state index >= 15 is 0 Å². The Hall–Kier alpha value is -1.68. The van der Waals surface area contributed by atoms with Gasteiger partial charge in [0.1, 0.15) is 0 Å². The van der Waals surface area contributed by atoms with Crippen LogP contribution in [0.5, 0.6) is 0 Å². The quantitative estimate of drug-likeness (QED) is 0.847. The molecule has 2 aromatic rings. The summed E-state index contributed by atoms with van der Waals surface area (Å²) < 4.78 is 1.94. The normalized spacial score (nSPS) is 10.7. The van der Waals surface area contributed by atoms with Crippen LogP contribution in [0.1, 0.15) is 23.9 Å². The Labute approximate surface area is 101 Å². The summed E-state index contributed by atoms with van der Waals surface area (Å²) in [6.45, 7) is 3.38. The lowest BCUT2D eigenvalue weighted by molar-refractivity contribution is 0.595. The lowest BCUT2D eigenvalue weighted by Gasteiger charge is -2.05. The fraction of sp³-hybridized carbons (Fsp3) is 0.385. The molecule has 0 unspecified atom stereocenters. The second-order valence-corrected chi connectivity index (χ2v) is 3.99. The van der Waals surface area contributed by atoms with Gasteiger partial charge in [-0.1, -0.05) is 35.5 Å². The molecule has 17 heavy (non-hydrogen) atoms. The van der Waals surface area contributed by atoms with Crippen LogP contribution < -0.4 is 5.73 Å². The van der Waals surface area contributed by atoms with E-state index in [2.05, 4.69) is 41.5 Å². The molecule has 0 saturated heterocycles. The highest BCUT2D eigenvalue weighted by Crippen LogP contribution is 2.10. The number of nitrogens with two attached hydrogens (primary N) is 1. The van der Waals surface area contributed by atoms with Gasteiger partial charge >= 0.3 is 0 Å². The van der Waals surface area contributed by atoms with Crippen LogP contribution in [0.4, 0.5) is 0 Å². The van der Waals surface area contributed by atoms with Gasteiger partial charge in [0.05, 0.1) is 11.4 Å². The fourth-order valence-electron chi connectivity index (χ4n) is 1.96. The summed E-state index contributed by atoms with van der Waals surface area (Å²) in [4.78, 5) is 0. The van der Waals surface area contributed by atoms with E-state index in [0.717, 1.165) is 25.1 Å². The van der Waals surface area contributed by atoms with Crippen LogP contribution in [0, 0.1) is 0 Å². The van der Waals surface area contributed by atoms with E-state index in [0.29, 0.717) is 6.54 Å². The van der Waals surface area contributed by atoms with Crippen LogP contribution in [0.25, 0.3) is 0 Å². The van der Waals surface area contributed by atoms with Crippen molar-refractivity contribution in [2.24, 2.45) is 5.73 Å². The number of hydrogen-bond donors (Lipinski definition) is 1. The summed E-state index contributed by atoms with van der Waals surface area (Å²) >= 11 is 0. The minimum absolute atomic E-state index is 0.462. The fourth-order valence-corrected chi connectivity index (χ4v) is 1.96. The zero-order valence-corrected chi connectivity index (χ0v) is 10.1. The molecule has 0 radical (unpaired) electrons. The van der Waals surface area contributed by atoms with Crippen molar-refractivity contribution in [3.63, 3.8) is 0 Å². The number of aryl methyl sites for hydroxylation is 2. The largest absolute Gasteiger partial charge is 0.325 e. The molecule has 1 aromatic carbocycles. The summed E-state index contributed by atoms with van der Waals surface area (Å²) in [7, 11) is 0. The molecule has 0 aliphatic rings. The second-order valence-electron chi connectivity index (χ2n) is 3.99. The van der Waals surface area contributed by atoms with Crippen molar-refractivity contribution in [2.45, 2.75) is 32.9 Å². The van der Waals surface area contributed by atoms with Crippen molar-refractivity contribution in [3.05, 3.63) is 47.3 Å². The molecule has 2 N–H and O–H groups in total. The molecule has 0 atom stereocenters. The molecule has 0 aliphatic carbocycles. The smallest absolute Gasteiger partial charge is 0.0994 e. The second kappa shape index (κ2) is 5.59. The van der Waals surface area contributed by atoms with E-state index in [-0.39, 0.29) is 0 Å². The summed E-state index contributed by atoms with van der Waals surface area (Å²) in [6.07, 6.45) is 1.94. The van der Waals surface area contributed by atoms with Crippen molar-refractivity contribution in [3.8, 4) is 0 Å². The van der Waals surface area contributed by atoms with Gasteiger partial charge in [-0.3, -0.25) is 0 Å². The van der Waals surface area contributed by atoms with Gasteiger partial charge in [0.15, 0.2) is 0 Å². The van der Waals surface area contributed by atoms with E-state index in [1.807, 2.05) is 10.7 Å². The third kappa shape index (κ3) is 2.71. The van der Waals surface area contributed by atoms with Gasteiger partial charge in [0.25, 0.3) is 0 Å². The number of nitrogens with zero attached hydrogens (tertiary/aromatic N) is 3. The van der Waals surface area contributed by atoms with Crippen LogP contribution in [0.3, 0.4) is 0 Å². The van der Waals surface area contributed by atoms with Gasteiger partial charge in [-0.05, 0) is 25.3 Å². The van der Waals surface area contributed by atoms with Gasteiger partial charge in [0.2, 0.25) is 0 Å². The van der Waals surface area contributed by atoms with E-state index in [1.54, 1.807) is 0 Å². The molecule has 0 saturated carbocycles. The van der Waals surface area contributed by atoms with Crippen molar-refractivity contribution < 1.29 is 0 Å². The first-order valence-corrected chi connectivity index (χ1v) is 6.00. The maximum Gasteiger partial charge on any atom is 0.0994 e. The highest BCUT2D eigenvalue weighted by atomic mass is 15.4. The molecule has 0 bridgehead atoms. The predicted octanol–water partition coefficient (Wildman–Crippen LogP) is 1.54. The van der Waals surface area contributed by atoms with Crippen LogP contribution in [0.15, 0.2) is 30.3 Å². The molecule has 0 spiro atoms. The van der Waals surface area contributed by atoms with Crippen LogP contribution >= 0.6 is 0 Å². The number of aromatic nitrogens is 3. The third-order valence-electron chi connectivity index (χ3n) is 2.90. The maximum absolute atomic E-state index is 5.67. The van der Waals surface area contributed by atoms with E-state index in [4.69, 9.17) is 5.73 Å². The first kappa shape index (κ1) is 11.8. The van der Waals surface area contributed by atoms with Crippen LogP contribution in [-0.2, 0) is 25.9 Å². The van der Waals surface area contributed by atoms with E-state index in [9.17, 15) is 0 Å². The molecular formula is C13H18N4. The molecule has 4 heteroatoms. The van der Waals surface area contributed by atoms with Crippen LogP contribution in [-0.4, -0.2) is 15.0 Å².